The lowest BCUT2D eigenvalue weighted by atomic mass is 10.00. The third-order valence-electron chi connectivity index (χ3n) is 3.68. The van der Waals surface area contributed by atoms with Crippen LogP contribution in [0.5, 0.6) is 0 Å². The maximum Gasteiger partial charge on any atom is 0.433 e. The smallest absolute Gasteiger partial charge is 0.287 e. The van der Waals surface area contributed by atoms with Crippen molar-refractivity contribution in [3.8, 4) is 28.5 Å². The molecule has 0 aliphatic rings. The zero-order valence-corrected chi connectivity index (χ0v) is 12.9. The summed E-state index contributed by atoms with van der Waals surface area (Å²) in [6, 6.07) is 11.7. The van der Waals surface area contributed by atoms with Crippen molar-refractivity contribution in [2.24, 2.45) is 0 Å². The fourth-order valence-electron chi connectivity index (χ4n) is 2.45. The topological polar surface area (TPSA) is 69.5 Å². The minimum absolute atomic E-state index is 0.0859. The van der Waals surface area contributed by atoms with Gasteiger partial charge in [-0.2, -0.15) is 23.5 Å². The number of nitriles is 1. The lowest BCUT2D eigenvalue weighted by molar-refractivity contribution is -0.141. The first-order valence-electron chi connectivity index (χ1n) is 7.27. The van der Waals surface area contributed by atoms with Crippen molar-refractivity contribution < 1.29 is 17.6 Å². The first-order chi connectivity index (χ1) is 12.3. The molecule has 8 heteroatoms. The van der Waals surface area contributed by atoms with Gasteiger partial charge < -0.3 is 0 Å². The largest absolute Gasteiger partial charge is 0.433 e. The molecule has 1 aromatic heterocycles. The van der Waals surface area contributed by atoms with Gasteiger partial charge in [0.2, 0.25) is 5.43 Å². The lowest BCUT2D eigenvalue weighted by Gasteiger charge is -2.13. The number of nitrogens with one attached hydrogen (secondary N) is 1. The molecule has 2 aromatic carbocycles. The van der Waals surface area contributed by atoms with Crippen molar-refractivity contribution in [1.82, 2.24) is 10.2 Å². The van der Waals surface area contributed by atoms with E-state index in [2.05, 4.69) is 5.10 Å². The van der Waals surface area contributed by atoms with Gasteiger partial charge in [0.1, 0.15) is 17.2 Å². The van der Waals surface area contributed by atoms with Crippen LogP contribution in [-0.2, 0) is 6.18 Å². The van der Waals surface area contributed by atoms with Gasteiger partial charge in [-0.05, 0) is 29.8 Å². The second-order valence-corrected chi connectivity index (χ2v) is 5.35. The Kier molecular flexibility index (Phi) is 4.30. The fraction of sp³-hybridized carbons (Fsp3) is 0.0556. The molecule has 0 fully saturated rings. The second kappa shape index (κ2) is 6.44. The molecule has 0 saturated carbocycles. The Bertz CT molecular complexity index is 1050. The predicted molar refractivity (Wildman–Crippen MR) is 85.4 cm³/mol. The van der Waals surface area contributed by atoms with Gasteiger partial charge in [0, 0.05) is 5.56 Å². The van der Waals surface area contributed by atoms with Gasteiger partial charge >= 0.3 is 6.18 Å². The van der Waals surface area contributed by atoms with E-state index in [9.17, 15) is 22.4 Å². The molecule has 0 aliphatic carbocycles. The molecule has 0 spiro atoms. The number of benzene rings is 2. The quantitative estimate of drug-likeness (QED) is 0.700. The molecule has 0 radical (unpaired) electrons. The van der Waals surface area contributed by atoms with Gasteiger partial charge in [-0.15, -0.1) is 0 Å². The Morgan fingerprint density at radius 1 is 0.962 bits per heavy atom. The number of aromatic amines is 1. The highest BCUT2D eigenvalue weighted by Gasteiger charge is 2.37. The number of rotatable bonds is 2. The first-order valence-corrected chi connectivity index (χ1v) is 7.27. The summed E-state index contributed by atoms with van der Waals surface area (Å²) >= 11 is 0. The van der Waals surface area contributed by atoms with E-state index in [1.165, 1.54) is 24.3 Å². The van der Waals surface area contributed by atoms with Gasteiger partial charge in [0.15, 0.2) is 0 Å². The van der Waals surface area contributed by atoms with Crippen LogP contribution in [0.2, 0.25) is 0 Å². The van der Waals surface area contributed by atoms with Gasteiger partial charge in [-0.3, -0.25) is 9.89 Å². The van der Waals surface area contributed by atoms with E-state index in [0.29, 0.717) is 5.56 Å². The number of nitrogens with zero attached hydrogens (tertiary/aromatic N) is 2. The minimum Gasteiger partial charge on any atom is -0.287 e. The highest BCUT2D eigenvalue weighted by molar-refractivity contribution is 5.72. The molecule has 0 amide bonds. The molecule has 0 aliphatic heterocycles. The molecular formula is C18H9F4N3O. The van der Waals surface area contributed by atoms with Crippen molar-refractivity contribution in [2.75, 3.05) is 0 Å². The van der Waals surface area contributed by atoms with Crippen LogP contribution in [0, 0.1) is 17.1 Å². The Balaban J connectivity index is 2.27. The van der Waals surface area contributed by atoms with E-state index in [1.54, 1.807) is 0 Å². The Morgan fingerprint density at radius 3 is 2.08 bits per heavy atom. The number of aromatic nitrogens is 2. The van der Waals surface area contributed by atoms with Crippen LogP contribution in [-0.4, -0.2) is 10.2 Å². The minimum atomic E-state index is -4.85. The zero-order chi connectivity index (χ0) is 18.9. The van der Waals surface area contributed by atoms with Crippen molar-refractivity contribution >= 4 is 0 Å². The molecule has 3 aromatic rings. The Hall–Kier alpha value is -3.47. The highest BCUT2D eigenvalue weighted by Crippen LogP contribution is 2.34. The third kappa shape index (κ3) is 3.19. The summed E-state index contributed by atoms with van der Waals surface area (Å²) in [4.78, 5) is 12.7. The monoisotopic (exact) mass is 359 g/mol. The molecule has 26 heavy (non-hydrogen) atoms. The van der Waals surface area contributed by atoms with Crippen LogP contribution in [0.15, 0.2) is 53.3 Å². The van der Waals surface area contributed by atoms with Crippen molar-refractivity contribution in [1.29, 1.82) is 5.26 Å². The van der Waals surface area contributed by atoms with Gasteiger partial charge in [-0.25, -0.2) is 4.39 Å². The molecule has 0 bridgehead atoms. The van der Waals surface area contributed by atoms with Crippen molar-refractivity contribution in [3.63, 3.8) is 0 Å². The number of halogens is 4. The van der Waals surface area contributed by atoms with Gasteiger partial charge in [0.05, 0.1) is 17.2 Å². The molecule has 1 heterocycles. The van der Waals surface area contributed by atoms with E-state index < -0.39 is 28.7 Å². The van der Waals surface area contributed by atoms with Crippen LogP contribution < -0.4 is 5.43 Å². The third-order valence-corrected chi connectivity index (χ3v) is 3.68. The fourth-order valence-corrected chi connectivity index (χ4v) is 2.45. The van der Waals surface area contributed by atoms with E-state index in [-0.39, 0.29) is 16.8 Å². The van der Waals surface area contributed by atoms with Crippen LogP contribution >= 0.6 is 0 Å². The Morgan fingerprint density at radius 2 is 1.54 bits per heavy atom. The average Bonchev–Trinajstić information content (AvgIpc) is 2.62. The summed E-state index contributed by atoms with van der Waals surface area (Å²) in [5.41, 5.74) is -2.65. The molecule has 0 atom stereocenters. The SMILES string of the molecule is N#Cc1ccc(-c2n[nH]c(C(F)(F)F)c(-c3ccc(F)cc3)c2=O)cc1. The van der Waals surface area contributed by atoms with E-state index in [0.717, 1.165) is 24.3 Å². The summed E-state index contributed by atoms with van der Waals surface area (Å²) in [6.45, 7) is 0. The number of hydrogen-bond acceptors (Lipinski definition) is 3. The lowest BCUT2D eigenvalue weighted by Crippen LogP contribution is -2.21. The maximum atomic E-state index is 13.3. The molecule has 1 N–H and O–H groups in total. The number of alkyl halides is 3. The maximum absolute atomic E-state index is 13.3. The summed E-state index contributed by atoms with van der Waals surface area (Å²) in [5.74, 6) is -0.639. The molecule has 0 saturated heterocycles. The molecule has 0 unspecified atom stereocenters. The van der Waals surface area contributed by atoms with Gasteiger partial charge in [-0.1, -0.05) is 24.3 Å². The van der Waals surface area contributed by atoms with Crippen LogP contribution in [0.4, 0.5) is 17.6 Å². The number of hydrogen-bond donors (Lipinski definition) is 1. The van der Waals surface area contributed by atoms with Crippen LogP contribution in [0.3, 0.4) is 0 Å². The molecule has 130 valence electrons. The second-order valence-electron chi connectivity index (χ2n) is 5.35. The Labute approximate surface area is 144 Å². The summed E-state index contributed by atoms with van der Waals surface area (Å²) in [6.07, 6.45) is -4.85. The van der Waals surface area contributed by atoms with Crippen molar-refractivity contribution in [3.05, 3.63) is 75.8 Å². The van der Waals surface area contributed by atoms with Crippen LogP contribution in [0.1, 0.15) is 11.3 Å². The van der Waals surface area contributed by atoms with Crippen molar-refractivity contribution in [2.45, 2.75) is 6.18 Å². The summed E-state index contributed by atoms with van der Waals surface area (Å²) < 4.78 is 53.0. The normalized spacial score (nSPS) is 11.2. The first kappa shape index (κ1) is 17.4. The van der Waals surface area contributed by atoms with E-state index in [1.807, 2.05) is 11.2 Å². The van der Waals surface area contributed by atoms with Crippen LogP contribution in [0.25, 0.3) is 22.4 Å². The molecular weight excluding hydrogens is 350 g/mol. The standard InChI is InChI=1S/C18H9F4N3O/c19-13-7-5-11(6-8-13)14-16(26)15(24-25-17(14)18(20,21)22)12-3-1-10(9-23)2-4-12/h1-8H,(H,25,26). The average molecular weight is 359 g/mol. The molecule has 3 rings (SSSR count). The summed E-state index contributed by atoms with van der Waals surface area (Å²) in [7, 11) is 0. The zero-order valence-electron chi connectivity index (χ0n) is 12.9. The van der Waals surface area contributed by atoms with Gasteiger partial charge in [0.25, 0.3) is 0 Å². The predicted octanol–water partition coefficient (Wildman–Crippen LogP) is 4.13. The molecule has 4 nitrogen and oxygen atoms in total. The highest BCUT2D eigenvalue weighted by atomic mass is 19.4. The number of H-pyrrole nitrogens is 1. The van der Waals surface area contributed by atoms with E-state index in [4.69, 9.17) is 5.26 Å². The summed E-state index contributed by atoms with van der Waals surface area (Å²) in [5, 5.41) is 14.3. The van der Waals surface area contributed by atoms with E-state index >= 15 is 0 Å².